The molecule has 1 amide bonds. The Morgan fingerprint density at radius 2 is 1.83 bits per heavy atom. The van der Waals surface area contributed by atoms with Crippen LogP contribution in [0.25, 0.3) is 0 Å². The van der Waals surface area contributed by atoms with Crippen LogP contribution in [0.15, 0.2) is 30.3 Å². The van der Waals surface area contributed by atoms with Gasteiger partial charge in [-0.3, -0.25) is 4.79 Å². The van der Waals surface area contributed by atoms with Gasteiger partial charge in [-0.05, 0) is 43.8 Å². The highest BCUT2D eigenvalue weighted by Crippen LogP contribution is 2.40. The summed E-state index contributed by atoms with van der Waals surface area (Å²) in [6.07, 6.45) is 3.49. The molecule has 1 saturated heterocycles. The molecule has 4 nitrogen and oxygen atoms in total. The summed E-state index contributed by atoms with van der Waals surface area (Å²) < 4.78 is 0. The van der Waals surface area contributed by atoms with Gasteiger partial charge in [0.2, 0.25) is 5.91 Å². The van der Waals surface area contributed by atoms with Crippen molar-refractivity contribution in [3.8, 4) is 0 Å². The molecule has 2 aliphatic rings. The van der Waals surface area contributed by atoms with Crippen molar-refractivity contribution in [3.05, 3.63) is 35.9 Å². The minimum absolute atomic E-state index is 0. The molecule has 1 saturated carbocycles. The van der Waals surface area contributed by atoms with Gasteiger partial charge in [-0.1, -0.05) is 30.3 Å². The van der Waals surface area contributed by atoms with Crippen molar-refractivity contribution in [3.63, 3.8) is 0 Å². The van der Waals surface area contributed by atoms with E-state index < -0.39 is 0 Å². The van der Waals surface area contributed by atoms with Crippen LogP contribution in [-0.2, 0) is 4.79 Å². The molecule has 0 bridgehead atoms. The molecule has 1 aliphatic carbocycles. The van der Waals surface area contributed by atoms with Crippen LogP contribution in [0.3, 0.4) is 0 Å². The molecule has 23 heavy (non-hydrogen) atoms. The Morgan fingerprint density at radius 1 is 1.13 bits per heavy atom. The smallest absolute Gasteiger partial charge is 0.233 e. The van der Waals surface area contributed by atoms with Gasteiger partial charge in [0.15, 0.2) is 0 Å². The Bertz CT molecular complexity index is 466. The zero-order valence-electron chi connectivity index (χ0n) is 13.3. The van der Waals surface area contributed by atoms with Crippen molar-refractivity contribution in [2.24, 2.45) is 5.92 Å². The minimum atomic E-state index is 0. The number of amides is 1. The summed E-state index contributed by atoms with van der Waals surface area (Å²) in [6, 6.07) is 11.0. The van der Waals surface area contributed by atoms with E-state index in [1.165, 1.54) is 18.4 Å². The van der Waals surface area contributed by atoms with E-state index in [1.54, 1.807) is 0 Å². The summed E-state index contributed by atoms with van der Waals surface area (Å²) in [4.78, 5) is 11.9. The Kier molecular flexibility index (Phi) is 8.92. The molecule has 0 spiro atoms. The monoisotopic (exact) mass is 359 g/mol. The molecule has 3 N–H and O–H groups in total. The maximum absolute atomic E-state index is 11.9. The van der Waals surface area contributed by atoms with E-state index in [9.17, 15) is 4.79 Å². The molecule has 2 fully saturated rings. The maximum atomic E-state index is 11.9. The fourth-order valence-electron chi connectivity index (χ4n) is 3.12. The van der Waals surface area contributed by atoms with Gasteiger partial charge in [-0.25, -0.2) is 0 Å². The van der Waals surface area contributed by atoms with E-state index >= 15 is 0 Å². The zero-order valence-corrected chi connectivity index (χ0v) is 14.9. The van der Waals surface area contributed by atoms with Crippen LogP contribution in [0.5, 0.6) is 0 Å². The number of halogens is 2. The molecule has 1 heterocycles. The van der Waals surface area contributed by atoms with Crippen molar-refractivity contribution in [1.29, 1.82) is 0 Å². The second kappa shape index (κ2) is 10.1. The fraction of sp³-hybridized carbons (Fsp3) is 0.588. The number of carbonyl (C=O) groups excluding carboxylic acids is 1. The molecule has 130 valence electrons. The van der Waals surface area contributed by atoms with Gasteiger partial charge in [0.25, 0.3) is 0 Å². The van der Waals surface area contributed by atoms with Crippen LogP contribution < -0.4 is 16.0 Å². The largest absolute Gasteiger partial charge is 0.355 e. The lowest BCUT2D eigenvalue weighted by molar-refractivity contribution is -0.120. The van der Waals surface area contributed by atoms with Crippen molar-refractivity contribution in [1.82, 2.24) is 16.0 Å². The average Bonchev–Trinajstić information content (AvgIpc) is 3.32. The summed E-state index contributed by atoms with van der Waals surface area (Å²) in [5, 5.41) is 9.78. The molecule has 3 rings (SSSR count). The van der Waals surface area contributed by atoms with E-state index in [-0.39, 0.29) is 30.7 Å². The highest BCUT2D eigenvalue weighted by Gasteiger charge is 2.37. The van der Waals surface area contributed by atoms with E-state index in [0.717, 1.165) is 26.1 Å². The topological polar surface area (TPSA) is 53.2 Å². The number of piperidine rings is 1. The highest BCUT2D eigenvalue weighted by atomic mass is 35.5. The first-order valence-electron chi connectivity index (χ1n) is 8.08. The minimum Gasteiger partial charge on any atom is -0.355 e. The van der Waals surface area contributed by atoms with Gasteiger partial charge in [0.05, 0.1) is 6.54 Å². The van der Waals surface area contributed by atoms with Crippen LogP contribution in [0.2, 0.25) is 0 Å². The van der Waals surface area contributed by atoms with E-state index in [2.05, 4.69) is 40.2 Å². The highest BCUT2D eigenvalue weighted by molar-refractivity contribution is 5.85. The first-order valence-corrected chi connectivity index (χ1v) is 8.08. The Balaban J connectivity index is 0.00000132. The van der Waals surface area contributed by atoms with Crippen LogP contribution in [-0.4, -0.2) is 38.1 Å². The lowest BCUT2D eigenvalue weighted by atomic mass is 9.98. The van der Waals surface area contributed by atoms with Gasteiger partial charge in [-0.15, -0.1) is 24.8 Å². The van der Waals surface area contributed by atoms with Gasteiger partial charge in [0.1, 0.15) is 0 Å². The number of benzene rings is 1. The molecule has 6 heteroatoms. The zero-order chi connectivity index (χ0) is 14.5. The maximum Gasteiger partial charge on any atom is 0.233 e. The molecule has 1 aliphatic heterocycles. The Labute approximate surface area is 151 Å². The lowest BCUT2D eigenvalue weighted by Crippen LogP contribution is -2.40. The molecule has 0 radical (unpaired) electrons. The Hall–Kier alpha value is -0.810. The second-order valence-corrected chi connectivity index (χ2v) is 6.24. The van der Waals surface area contributed by atoms with Crippen molar-refractivity contribution in [2.45, 2.75) is 31.2 Å². The summed E-state index contributed by atoms with van der Waals surface area (Å²) >= 11 is 0. The van der Waals surface area contributed by atoms with Gasteiger partial charge >= 0.3 is 0 Å². The lowest BCUT2D eigenvalue weighted by Gasteiger charge is -2.22. The average molecular weight is 360 g/mol. The standard InChI is InChI=1S/C17H25N3O.2ClH/c21-17(20-11-13-6-8-18-9-7-13)12-19-16-10-15(16)14-4-2-1-3-5-14;;/h1-5,13,15-16,18-19H,6-12H2,(H,20,21);2*1H/t15?,16-;;/m0../s1. The summed E-state index contributed by atoms with van der Waals surface area (Å²) in [7, 11) is 0. The first kappa shape index (κ1) is 20.2. The number of hydrogen-bond donors (Lipinski definition) is 3. The first-order chi connectivity index (χ1) is 10.3. The second-order valence-electron chi connectivity index (χ2n) is 6.24. The molecule has 1 aromatic carbocycles. The summed E-state index contributed by atoms with van der Waals surface area (Å²) in [6.45, 7) is 3.44. The van der Waals surface area contributed by atoms with E-state index in [4.69, 9.17) is 0 Å². The molecular weight excluding hydrogens is 333 g/mol. The molecule has 2 atom stereocenters. The van der Waals surface area contributed by atoms with Crippen molar-refractivity contribution < 1.29 is 4.79 Å². The van der Waals surface area contributed by atoms with Crippen LogP contribution >= 0.6 is 24.8 Å². The number of nitrogens with one attached hydrogen (secondary N) is 3. The van der Waals surface area contributed by atoms with Gasteiger partial charge in [0, 0.05) is 18.5 Å². The van der Waals surface area contributed by atoms with Gasteiger partial charge < -0.3 is 16.0 Å². The summed E-state index contributed by atoms with van der Waals surface area (Å²) in [5.74, 6) is 1.36. The van der Waals surface area contributed by atoms with Crippen LogP contribution in [0.1, 0.15) is 30.7 Å². The SMILES string of the molecule is Cl.Cl.O=C(CN[C@H]1CC1c1ccccc1)NCC1CCNCC1. The fourth-order valence-corrected chi connectivity index (χ4v) is 3.12. The third kappa shape index (κ3) is 6.30. The molecule has 1 aromatic rings. The Morgan fingerprint density at radius 3 is 2.52 bits per heavy atom. The van der Waals surface area contributed by atoms with Gasteiger partial charge in [-0.2, -0.15) is 0 Å². The predicted molar refractivity (Wildman–Crippen MR) is 98.7 cm³/mol. The third-order valence-corrected chi connectivity index (χ3v) is 4.59. The molecule has 1 unspecified atom stereocenters. The number of hydrogen-bond acceptors (Lipinski definition) is 3. The quantitative estimate of drug-likeness (QED) is 0.728. The van der Waals surface area contributed by atoms with Crippen molar-refractivity contribution >= 4 is 30.7 Å². The normalized spacial score (nSPS) is 23.3. The van der Waals surface area contributed by atoms with E-state index in [0.29, 0.717) is 24.4 Å². The van der Waals surface area contributed by atoms with Crippen LogP contribution in [0.4, 0.5) is 0 Å². The predicted octanol–water partition coefficient (Wildman–Crippen LogP) is 2.09. The number of rotatable bonds is 6. The third-order valence-electron chi connectivity index (χ3n) is 4.59. The van der Waals surface area contributed by atoms with Crippen molar-refractivity contribution in [2.75, 3.05) is 26.2 Å². The summed E-state index contributed by atoms with van der Waals surface area (Å²) in [5.41, 5.74) is 1.38. The van der Waals surface area contributed by atoms with Crippen LogP contribution in [0, 0.1) is 5.92 Å². The molecule has 0 aromatic heterocycles. The van der Waals surface area contributed by atoms with E-state index in [1.807, 2.05) is 6.07 Å². The molecular formula is C17H27Cl2N3O. The number of carbonyl (C=O) groups is 1.